The summed E-state index contributed by atoms with van der Waals surface area (Å²) in [4.78, 5) is 15.0. The summed E-state index contributed by atoms with van der Waals surface area (Å²) in [5.41, 5.74) is 6.12. The van der Waals surface area contributed by atoms with Crippen LogP contribution in [0.25, 0.3) is 0 Å². The molecular weight excluding hydrogens is 260 g/mol. The van der Waals surface area contributed by atoms with Gasteiger partial charge in [-0.1, -0.05) is 11.8 Å². The Kier molecular flexibility index (Phi) is 4.97. The van der Waals surface area contributed by atoms with E-state index >= 15 is 0 Å². The van der Waals surface area contributed by atoms with E-state index in [1.807, 2.05) is 16.3 Å². The van der Waals surface area contributed by atoms with Gasteiger partial charge in [-0.25, -0.2) is 0 Å². The van der Waals surface area contributed by atoms with Crippen LogP contribution in [-0.4, -0.2) is 42.2 Å². The monoisotopic (exact) mass is 278 g/mol. The highest BCUT2D eigenvalue weighted by Crippen LogP contribution is 2.22. The number of aliphatic hydroxyl groups is 1. The third-order valence-corrected chi connectivity index (χ3v) is 4.25. The van der Waals surface area contributed by atoms with Crippen LogP contribution in [-0.2, 0) is 0 Å². The average molecular weight is 278 g/mol. The number of carbonyl (C=O) groups excluding carboxylic acids is 1. The Hall–Kier alpha value is -1.35. The van der Waals surface area contributed by atoms with Crippen LogP contribution in [0.3, 0.4) is 0 Å². The van der Waals surface area contributed by atoms with Crippen molar-refractivity contribution in [2.75, 3.05) is 26.2 Å². The van der Waals surface area contributed by atoms with E-state index in [9.17, 15) is 4.79 Å². The molecule has 0 unspecified atom stereocenters. The second kappa shape index (κ2) is 6.71. The van der Waals surface area contributed by atoms with E-state index in [-0.39, 0.29) is 12.5 Å². The largest absolute Gasteiger partial charge is 0.396 e. The van der Waals surface area contributed by atoms with Gasteiger partial charge in [-0.2, -0.15) is 0 Å². The van der Waals surface area contributed by atoms with E-state index in [0.29, 0.717) is 30.4 Å². The first-order valence-electron chi connectivity index (χ1n) is 6.42. The maximum Gasteiger partial charge on any atom is 0.265 e. The lowest BCUT2D eigenvalue weighted by molar-refractivity contribution is 0.0655. The predicted molar refractivity (Wildman–Crippen MR) is 76.0 cm³/mol. The Morgan fingerprint density at radius 3 is 2.89 bits per heavy atom. The molecule has 4 nitrogen and oxygen atoms in total. The number of aliphatic hydroxyl groups excluding tert-OH is 1. The van der Waals surface area contributed by atoms with Gasteiger partial charge in [0.25, 0.3) is 5.91 Å². The third kappa shape index (κ3) is 3.35. The number of rotatable bonds is 2. The SMILES string of the molecule is NCC#Cc1ccsc1C(=O)N1CCC(CO)CC1. The molecule has 1 amide bonds. The fraction of sp³-hybridized carbons (Fsp3) is 0.500. The Morgan fingerprint density at radius 2 is 2.26 bits per heavy atom. The summed E-state index contributed by atoms with van der Waals surface area (Å²) in [7, 11) is 0. The van der Waals surface area contributed by atoms with Crippen LogP contribution < -0.4 is 5.73 Å². The lowest BCUT2D eigenvalue weighted by Gasteiger charge is -2.30. The van der Waals surface area contributed by atoms with Gasteiger partial charge in [0.2, 0.25) is 0 Å². The normalized spacial score (nSPS) is 16.0. The first kappa shape index (κ1) is 14.1. The van der Waals surface area contributed by atoms with Crippen molar-refractivity contribution >= 4 is 17.2 Å². The Labute approximate surface area is 117 Å². The second-order valence-electron chi connectivity index (χ2n) is 4.59. The van der Waals surface area contributed by atoms with Gasteiger partial charge >= 0.3 is 0 Å². The topological polar surface area (TPSA) is 66.6 Å². The molecule has 1 aromatic heterocycles. The molecule has 2 rings (SSSR count). The molecule has 0 atom stereocenters. The Morgan fingerprint density at radius 1 is 1.53 bits per heavy atom. The molecule has 1 saturated heterocycles. The molecule has 0 aliphatic carbocycles. The van der Waals surface area contributed by atoms with Gasteiger partial charge in [0.05, 0.1) is 6.54 Å². The summed E-state index contributed by atoms with van der Waals surface area (Å²) in [6, 6.07) is 1.86. The van der Waals surface area contributed by atoms with Crippen LogP contribution in [0.1, 0.15) is 28.1 Å². The minimum absolute atomic E-state index is 0.0488. The van der Waals surface area contributed by atoms with Gasteiger partial charge in [0.15, 0.2) is 0 Å². The van der Waals surface area contributed by atoms with E-state index in [2.05, 4.69) is 11.8 Å². The molecule has 102 valence electrons. The summed E-state index contributed by atoms with van der Waals surface area (Å²) in [5, 5.41) is 11.0. The number of hydrogen-bond donors (Lipinski definition) is 2. The fourth-order valence-corrected chi connectivity index (χ4v) is 3.00. The van der Waals surface area contributed by atoms with Gasteiger partial charge in [-0.3, -0.25) is 4.79 Å². The lowest BCUT2D eigenvalue weighted by atomic mass is 9.98. The van der Waals surface area contributed by atoms with Crippen LogP contribution in [0.2, 0.25) is 0 Å². The highest BCUT2D eigenvalue weighted by Gasteiger charge is 2.25. The first-order valence-corrected chi connectivity index (χ1v) is 7.30. The highest BCUT2D eigenvalue weighted by molar-refractivity contribution is 7.12. The Balaban J connectivity index is 2.06. The summed E-state index contributed by atoms with van der Waals surface area (Å²) in [6.45, 7) is 1.94. The van der Waals surface area contributed by atoms with Crippen molar-refractivity contribution in [3.63, 3.8) is 0 Å². The Bertz CT molecular complexity index is 493. The fourth-order valence-electron chi connectivity index (χ4n) is 2.18. The molecule has 0 radical (unpaired) electrons. The van der Waals surface area contributed by atoms with Crippen molar-refractivity contribution in [1.29, 1.82) is 0 Å². The van der Waals surface area contributed by atoms with Gasteiger partial charge in [-0.05, 0) is 30.2 Å². The number of nitrogens with zero attached hydrogens (tertiary/aromatic N) is 1. The summed E-state index contributed by atoms with van der Waals surface area (Å²) < 4.78 is 0. The molecule has 2 heterocycles. The molecule has 1 fully saturated rings. The predicted octanol–water partition coefficient (Wildman–Crippen LogP) is 0.903. The van der Waals surface area contributed by atoms with Crippen molar-refractivity contribution in [3.05, 3.63) is 21.9 Å². The molecule has 0 spiro atoms. The van der Waals surface area contributed by atoms with Gasteiger partial charge in [0, 0.05) is 25.3 Å². The summed E-state index contributed by atoms with van der Waals surface area (Å²) in [5.74, 6) is 6.11. The van der Waals surface area contributed by atoms with Crippen molar-refractivity contribution in [3.8, 4) is 11.8 Å². The van der Waals surface area contributed by atoms with E-state index < -0.39 is 0 Å². The van der Waals surface area contributed by atoms with E-state index in [4.69, 9.17) is 10.8 Å². The van der Waals surface area contributed by atoms with Gasteiger partial charge < -0.3 is 15.7 Å². The van der Waals surface area contributed by atoms with Gasteiger partial charge in [0.1, 0.15) is 4.88 Å². The van der Waals surface area contributed by atoms with E-state index in [0.717, 1.165) is 18.4 Å². The van der Waals surface area contributed by atoms with E-state index in [1.165, 1.54) is 11.3 Å². The maximum absolute atomic E-state index is 12.4. The van der Waals surface area contributed by atoms with Crippen LogP contribution in [0.15, 0.2) is 11.4 Å². The second-order valence-corrected chi connectivity index (χ2v) is 5.50. The van der Waals surface area contributed by atoms with Gasteiger partial charge in [-0.15, -0.1) is 11.3 Å². The molecular formula is C14H18N2O2S. The van der Waals surface area contributed by atoms with Crippen molar-refractivity contribution < 1.29 is 9.90 Å². The number of amides is 1. The third-order valence-electron chi connectivity index (χ3n) is 3.34. The summed E-state index contributed by atoms with van der Waals surface area (Å²) >= 11 is 1.42. The zero-order valence-electron chi connectivity index (χ0n) is 10.8. The quantitative estimate of drug-likeness (QED) is 0.790. The summed E-state index contributed by atoms with van der Waals surface area (Å²) in [6.07, 6.45) is 1.74. The van der Waals surface area contributed by atoms with Crippen molar-refractivity contribution in [1.82, 2.24) is 4.90 Å². The highest BCUT2D eigenvalue weighted by atomic mass is 32.1. The molecule has 1 aromatic rings. The molecule has 1 aliphatic heterocycles. The number of likely N-dealkylation sites (tertiary alicyclic amines) is 1. The van der Waals surface area contributed by atoms with Crippen LogP contribution in [0.4, 0.5) is 0 Å². The van der Waals surface area contributed by atoms with Crippen molar-refractivity contribution in [2.45, 2.75) is 12.8 Å². The van der Waals surface area contributed by atoms with Crippen LogP contribution in [0, 0.1) is 17.8 Å². The number of thiophene rings is 1. The van der Waals surface area contributed by atoms with Crippen LogP contribution >= 0.6 is 11.3 Å². The number of hydrogen-bond acceptors (Lipinski definition) is 4. The number of piperidine rings is 1. The molecule has 0 saturated carbocycles. The smallest absolute Gasteiger partial charge is 0.265 e. The average Bonchev–Trinajstić information content (AvgIpc) is 2.92. The molecule has 1 aliphatic rings. The maximum atomic E-state index is 12.4. The van der Waals surface area contributed by atoms with Crippen molar-refractivity contribution in [2.24, 2.45) is 11.7 Å². The standard InChI is InChI=1S/C14H18N2O2S/c15-6-1-2-12-5-9-19-13(12)14(18)16-7-3-11(10-17)4-8-16/h5,9,11,17H,3-4,6-8,10,15H2. The zero-order chi connectivity index (χ0) is 13.7. The minimum atomic E-state index is 0.0488. The number of carbonyl (C=O) groups is 1. The minimum Gasteiger partial charge on any atom is -0.396 e. The van der Waals surface area contributed by atoms with Crippen LogP contribution in [0.5, 0.6) is 0 Å². The molecule has 5 heteroatoms. The zero-order valence-corrected chi connectivity index (χ0v) is 11.6. The van der Waals surface area contributed by atoms with E-state index in [1.54, 1.807) is 0 Å². The lowest BCUT2D eigenvalue weighted by Crippen LogP contribution is -2.39. The molecule has 19 heavy (non-hydrogen) atoms. The number of nitrogens with two attached hydrogens (primary N) is 1. The molecule has 0 bridgehead atoms. The molecule has 3 N–H and O–H groups in total. The first-order chi connectivity index (χ1) is 9.26. The molecule has 0 aromatic carbocycles.